The van der Waals surface area contributed by atoms with Crippen molar-refractivity contribution in [1.82, 2.24) is 5.32 Å². The Morgan fingerprint density at radius 2 is 1.89 bits per heavy atom. The number of carboxylic acids is 1. The van der Waals surface area contributed by atoms with E-state index in [1.54, 1.807) is 0 Å². The third-order valence-corrected chi connectivity index (χ3v) is 2.43. The molecule has 0 radical (unpaired) electrons. The van der Waals surface area contributed by atoms with Crippen molar-refractivity contribution in [2.45, 2.75) is 19.4 Å². The molecule has 7 heteroatoms. The molecule has 1 rings (SSSR count). The molecule has 1 aromatic rings. The highest BCUT2D eigenvalue weighted by molar-refractivity contribution is 5.94. The molecule has 0 saturated carbocycles. The minimum atomic E-state index is -1.22. The summed E-state index contributed by atoms with van der Waals surface area (Å²) in [6, 6.07) is 3.85. The molecule has 0 aromatic heterocycles. The minimum absolute atomic E-state index is 0. The lowest BCUT2D eigenvalue weighted by atomic mass is 10.1. The first-order chi connectivity index (χ1) is 8.27. The van der Waals surface area contributed by atoms with Crippen LogP contribution in [-0.4, -0.2) is 29.6 Å². The van der Waals surface area contributed by atoms with Gasteiger partial charge in [0, 0.05) is 12.7 Å². The molecule has 0 aliphatic rings. The summed E-state index contributed by atoms with van der Waals surface area (Å²) < 4.78 is 13.6. The van der Waals surface area contributed by atoms with Crippen LogP contribution in [0.25, 0.3) is 0 Å². The normalized spacial score (nSPS) is 10.3. The predicted octanol–water partition coefficient (Wildman–Crippen LogP) is 1.88. The standard InChI is InChI=1S/C12H15FN2O3.ClH/c1-12(2,11(17)18)15-7-4-5-8(9(13)6-7)10(16)14-3;/h4-6,15H,1-3H3,(H,14,16)(H,17,18);1H. The maximum Gasteiger partial charge on any atom is 0.328 e. The highest BCUT2D eigenvalue weighted by Gasteiger charge is 2.27. The highest BCUT2D eigenvalue weighted by atomic mass is 35.5. The van der Waals surface area contributed by atoms with E-state index in [0.717, 1.165) is 6.07 Å². The first-order valence-corrected chi connectivity index (χ1v) is 5.31. The van der Waals surface area contributed by atoms with E-state index in [1.807, 2.05) is 0 Å². The van der Waals surface area contributed by atoms with E-state index in [1.165, 1.54) is 33.0 Å². The molecular formula is C12H16ClFN2O3. The lowest BCUT2D eigenvalue weighted by Gasteiger charge is -2.22. The van der Waals surface area contributed by atoms with Crippen LogP contribution in [0.5, 0.6) is 0 Å². The number of anilines is 1. The van der Waals surface area contributed by atoms with Crippen molar-refractivity contribution in [2.75, 3.05) is 12.4 Å². The molecule has 1 aromatic carbocycles. The number of carbonyl (C=O) groups excluding carboxylic acids is 1. The van der Waals surface area contributed by atoms with Gasteiger partial charge >= 0.3 is 5.97 Å². The summed E-state index contributed by atoms with van der Waals surface area (Å²) in [4.78, 5) is 22.2. The smallest absolute Gasteiger partial charge is 0.328 e. The zero-order valence-corrected chi connectivity index (χ0v) is 11.6. The van der Waals surface area contributed by atoms with Crippen LogP contribution in [0.3, 0.4) is 0 Å². The van der Waals surface area contributed by atoms with Crippen LogP contribution < -0.4 is 10.6 Å². The van der Waals surface area contributed by atoms with E-state index < -0.39 is 23.2 Å². The number of amides is 1. The maximum absolute atomic E-state index is 13.6. The second kappa shape index (κ2) is 6.38. The topological polar surface area (TPSA) is 78.4 Å². The number of carboxylic acid groups (broad SMARTS) is 1. The van der Waals surface area contributed by atoms with Gasteiger partial charge < -0.3 is 15.7 Å². The Kier molecular flexibility index (Phi) is 5.77. The average Bonchev–Trinajstić information content (AvgIpc) is 2.27. The molecule has 0 aliphatic heterocycles. The lowest BCUT2D eigenvalue weighted by molar-refractivity contribution is -0.141. The van der Waals surface area contributed by atoms with Gasteiger partial charge in [0.15, 0.2) is 0 Å². The third kappa shape index (κ3) is 4.10. The second-order valence-corrected chi connectivity index (χ2v) is 4.33. The summed E-state index contributed by atoms with van der Waals surface area (Å²) in [5.74, 6) is -2.30. The molecule has 1 amide bonds. The summed E-state index contributed by atoms with van der Waals surface area (Å²) in [5.41, 5.74) is -1.01. The van der Waals surface area contributed by atoms with Gasteiger partial charge in [0.25, 0.3) is 5.91 Å². The monoisotopic (exact) mass is 290 g/mol. The van der Waals surface area contributed by atoms with E-state index in [9.17, 15) is 14.0 Å². The molecular weight excluding hydrogens is 275 g/mol. The Bertz CT molecular complexity index is 492. The summed E-state index contributed by atoms with van der Waals surface area (Å²) in [5, 5.41) is 13.9. The molecule has 5 nitrogen and oxygen atoms in total. The number of hydrogen-bond donors (Lipinski definition) is 3. The number of carbonyl (C=O) groups is 2. The van der Waals surface area contributed by atoms with E-state index in [2.05, 4.69) is 10.6 Å². The Hall–Kier alpha value is -1.82. The zero-order valence-electron chi connectivity index (χ0n) is 10.8. The fourth-order valence-corrected chi connectivity index (χ4v) is 1.33. The predicted molar refractivity (Wildman–Crippen MR) is 72.4 cm³/mol. The molecule has 0 unspecified atom stereocenters. The van der Waals surface area contributed by atoms with Gasteiger partial charge in [-0.3, -0.25) is 4.79 Å². The number of aliphatic carboxylic acids is 1. The van der Waals surface area contributed by atoms with E-state index in [4.69, 9.17) is 5.11 Å². The lowest BCUT2D eigenvalue weighted by Crippen LogP contribution is -2.40. The van der Waals surface area contributed by atoms with Gasteiger partial charge in [-0.2, -0.15) is 0 Å². The van der Waals surface area contributed by atoms with Gasteiger partial charge in [-0.25, -0.2) is 9.18 Å². The van der Waals surface area contributed by atoms with Gasteiger partial charge in [-0.1, -0.05) is 0 Å². The molecule has 0 atom stereocenters. The number of hydrogen-bond acceptors (Lipinski definition) is 3. The van der Waals surface area contributed by atoms with Crippen LogP contribution in [0.1, 0.15) is 24.2 Å². The van der Waals surface area contributed by atoms with Crippen molar-refractivity contribution in [1.29, 1.82) is 0 Å². The van der Waals surface area contributed by atoms with Gasteiger partial charge in [0.05, 0.1) is 5.56 Å². The van der Waals surface area contributed by atoms with E-state index >= 15 is 0 Å². The first-order valence-electron chi connectivity index (χ1n) is 5.31. The van der Waals surface area contributed by atoms with Gasteiger partial charge in [-0.15, -0.1) is 12.4 Å². The van der Waals surface area contributed by atoms with Gasteiger partial charge in [0.1, 0.15) is 11.4 Å². The van der Waals surface area contributed by atoms with Crippen molar-refractivity contribution in [3.05, 3.63) is 29.6 Å². The zero-order chi connectivity index (χ0) is 13.9. The number of nitrogens with one attached hydrogen (secondary N) is 2. The summed E-state index contributed by atoms with van der Waals surface area (Å²) in [6.07, 6.45) is 0. The van der Waals surface area contributed by atoms with Crippen LogP contribution >= 0.6 is 12.4 Å². The van der Waals surface area contributed by atoms with E-state index in [0.29, 0.717) is 5.69 Å². The fourth-order valence-electron chi connectivity index (χ4n) is 1.33. The number of halogens is 2. The van der Waals surface area contributed by atoms with Crippen LogP contribution in [0.15, 0.2) is 18.2 Å². The highest BCUT2D eigenvalue weighted by Crippen LogP contribution is 2.19. The molecule has 106 valence electrons. The second-order valence-electron chi connectivity index (χ2n) is 4.33. The average molecular weight is 291 g/mol. The number of benzene rings is 1. The number of rotatable bonds is 4. The molecule has 0 fully saturated rings. The largest absolute Gasteiger partial charge is 0.480 e. The van der Waals surface area contributed by atoms with Gasteiger partial charge in [-0.05, 0) is 32.0 Å². The molecule has 19 heavy (non-hydrogen) atoms. The van der Waals surface area contributed by atoms with Crippen LogP contribution in [0, 0.1) is 5.82 Å². The minimum Gasteiger partial charge on any atom is -0.480 e. The van der Waals surface area contributed by atoms with Gasteiger partial charge in [0.2, 0.25) is 0 Å². The SMILES string of the molecule is CNC(=O)c1ccc(NC(C)(C)C(=O)O)cc1F.Cl. The maximum atomic E-state index is 13.6. The van der Waals surface area contributed by atoms with Crippen LogP contribution in [0.4, 0.5) is 10.1 Å². The first kappa shape index (κ1) is 17.2. The molecule has 0 saturated heterocycles. The Labute approximate surface area is 116 Å². The van der Waals surface area contributed by atoms with Crippen molar-refractivity contribution < 1.29 is 19.1 Å². The Morgan fingerprint density at radius 1 is 1.32 bits per heavy atom. The summed E-state index contributed by atoms with van der Waals surface area (Å²) >= 11 is 0. The third-order valence-electron chi connectivity index (χ3n) is 2.43. The fraction of sp³-hybridized carbons (Fsp3) is 0.333. The quantitative estimate of drug-likeness (QED) is 0.791. The Morgan fingerprint density at radius 3 is 2.32 bits per heavy atom. The molecule has 0 spiro atoms. The van der Waals surface area contributed by atoms with E-state index in [-0.39, 0.29) is 18.0 Å². The van der Waals surface area contributed by atoms with Crippen molar-refractivity contribution in [3.8, 4) is 0 Å². The van der Waals surface area contributed by atoms with Crippen molar-refractivity contribution >= 4 is 30.0 Å². The Balaban J connectivity index is 0.00000324. The van der Waals surface area contributed by atoms with Crippen LogP contribution in [-0.2, 0) is 4.79 Å². The van der Waals surface area contributed by atoms with Crippen molar-refractivity contribution in [2.24, 2.45) is 0 Å². The molecule has 3 N–H and O–H groups in total. The molecule has 0 aliphatic carbocycles. The van der Waals surface area contributed by atoms with Crippen molar-refractivity contribution in [3.63, 3.8) is 0 Å². The van der Waals surface area contributed by atoms with Crippen LogP contribution in [0.2, 0.25) is 0 Å². The molecule has 0 heterocycles. The summed E-state index contributed by atoms with van der Waals surface area (Å²) in [6.45, 7) is 2.92. The summed E-state index contributed by atoms with van der Waals surface area (Å²) in [7, 11) is 1.40. The molecule has 0 bridgehead atoms.